The summed E-state index contributed by atoms with van der Waals surface area (Å²) in [6.45, 7) is 13.6. The molecule has 11 aromatic carbocycles. The van der Waals surface area contributed by atoms with Gasteiger partial charge in [0.15, 0.2) is 0 Å². The molecule has 2 nitrogen and oxygen atoms in total. The van der Waals surface area contributed by atoms with Crippen LogP contribution in [0.2, 0.25) is 0 Å². The van der Waals surface area contributed by atoms with E-state index in [-0.39, 0.29) is 10.8 Å². The molecule has 0 N–H and O–H groups in total. The van der Waals surface area contributed by atoms with Gasteiger partial charge in [-0.2, -0.15) is 0 Å². The predicted octanol–water partition coefficient (Wildman–Crippen LogP) is 18.7. The zero-order valence-electron chi connectivity index (χ0n) is 39.7. The molecule has 0 aliphatic heterocycles. The first-order chi connectivity index (χ1) is 33.0. The second-order valence-electron chi connectivity index (χ2n) is 20.6. The molecule has 12 rings (SSSR count). The predicted molar refractivity (Wildman–Crippen MR) is 293 cm³/mol. The molecule has 0 unspecified atom stereocenters. The van der Waals surface area contributed by atoms with Crippen molar-refractivity contribution >= 4 is 71.2 Å². The summed E-state index contributed by atoms with van der Waals surface area (Å²) in [5.74, 6) is 0. The average Bonchev–Trinajstić information content (AvgIpc) is 3.70. The molecule has 0 aliphatic carbocycles. The van der Waals surface area contributed by atoms with Crippen molar-refractivity contribution in [3.8, 4) is 39.1 Å². The molecule has 0 bridgehead atoms. The van der Waals surface area contributed by atoms with Crippen molar-refractivity contribution in [3.63, 3.8) is 0 Å². The zero-order valence-corrected chi connectivity index (χ0v) is 39.7. The Morgan fingerprint density at radius 2 is 0.779 bits per heavy atom. The molecule has 12 aromatic rings. The van der Waals surface area contributed by atoms with Crippen LogP contribution in [-0.4, -0.2) is 4.57 Å². The molecule has 0 fully saturated rings. The van der Waals surface area contributed by atoms with E-state index in [9.17, 15) is 0 Å². The maximum absolute atomic E-state index is 2.46. The van der Waals surface area contributed by atoms with E-state index in [1.165, 1.54) is 104 Å². The van der Waals surface area contributed by atoms with E-state index in [4.69, 9.17) is 0 Å². The van der Waals surface area contributed by atoms with Gasteiger partial charge in [-0.05, 0) is 131 Å². The van der Waals surface area contributed by atoms with Crippen LogP contribution in [0.4, 0.5) is 17.1 Å². The Balaban J connectivity index is 1.03. The Bertz CT molecular complexity index is 3780. The number of hydrogen-bond donors (Lipinski definition) is 0. The smallest absolute Gasteiger partial charge is 0.0541 e. The van der Waals surface area contributed by atoms with E-state index < -0.39 is 0 Å². The van der Waals surface area contributed by atoms with E-state index in [0.29, 0.717) is 0 Å². The molecule has 1 heterocycles. The summed E-state index contributed by atoms with van der Waals surface area (Å²) in [7, 11) is 0. The van der Waals surface area contributed by atoms with Gasteiger partial charge in [-0.1, -0.05) is 205 Å². The summed E-state index contributed by atoms with van der Waals surface area (Å²) >= 11 is 0. The second-order valence-corrected chi connectivity index (χ2v) is 20.6. The average molecular weight is 875 g/mol. The number of benzene rings is 11. The van der Waals surface area contributed by atoms with Crippen molar-refractivity contribution in [2.75, 3.05) is 4.90 Å². The summed E-state index contributed by atoms with van der Waals surface area (Å²) in [4.78, 5) is 2.46. The van der Waals surface area contributed by atoms with Crippen molar-refractivity contribution in [1.82, 2.24) is 4.57 Å². The lowest BCUT2D eigenvalue weighted by atomic mass is 9.86. The molecule has 2 heteroatoms. The molecule has 0 aliphatic rings. The lowest BCUT2D eigenvalue weighted by Crippen LogP contribution is -2.11. The molecule has 68 heavy (non-hydrogen) atoms. The lowest BCUT2D eigenvalue weighted by Gasteiger charge is -2.28. The molecule has 1 aromatic heterocycles. The largest absolute Gasteiger partial charge is 0.310 e. The highest BCUT2D eigenvalue weighted by atomic mass is 15.1. The molecule has 0 saturated carbocycles. The monoisotopic (exact) mass is 874 g/mol. The SMILES string of the molecule is CC(C)(C)c1ccc(-c2ccc(N(c3cccc(-c4cccc(-c5ccc(C(C)(C)C)cc5)c4)c3)c3ccc4ccc5c(-n6c7ccccc7c7ccccc76)ccc6ccc3c4c65)cc2)cc1. The summed E-state index contributed by atoms with van der Waals surface area (Å²) in [6, 6.07) is 81.5. The molecule has 328 valence electrons. The van der Waals surface area contributed by atoms with E-state index in [2.05, 4.69) is 269 Å². The van der Waals surface area contributed by atoms with Crippen LogP contribution in [0.5, 0.6) is 0 Å². The summed E-state index contributed by atoms with van der Waals surface area (Å²) in [6.07, 6.45) is 0. The summed E-state index contributed by atoms with van der Waals surface area (Å²) in [5, 5.41) is 10.0. The fourth-order valence-corrected chi connectivity index (χ4v) is 10.6. The Kier molecular flexibility index (Phi) is 9.67. The van der Waals surface area contributed by atoms with Gasteiger partial charge in [0.05, 0.1) is 22.4 Å². The van der Waals surface area contributed by atoms with Crippen molar-refractivity contribution in [2.45, 2.75) is 52.4 Å². The summed E-state index contributed by atoms with van der Waals surface area (Å²) in [5.41, 5.74) is 17.1. The van der Waals surface area contributed by atoms with Crippen LogP contribution in [0.15, 0.2) is 218 Å². The Hall–Kier alpha value is -7.94. The fraction of sp³-hybridized carbons (Fsp3) is 0.121. The molecular weight excluding hydrogens is 821 g/mol. The quantitative estimate of drug-likeness (QED) is 0.145. The van der Waals surface area contributed by atoms with E-state index in [1.54, 1.807) is 0 Å². The minimum absolute atomic E-state index is 0.101. The highest BCUT2D eigenvalue weighted by molar-refractivity contribution is 6.27. The van der Waals surface area contributed by atoms with Crippen LogP contribution in [0, 0.1) is 0 Å². The highest BCUT2D eigenvalue weighted by Crippen LogP contribution is 2.47. The van der Waals surface area contributed by atoms with Gasteiger partial charge in [-0.3, -0.25) is 0 Å². The molecule has 0 atom stereocenters. The van der Waals surface area contributed by atoms with Gasteiger partial charge in [0, 0.05) is 32.9 Å². The van der Waals surface area contributed by atoms with Gasteiger partial charge >= 0.3 is 0 Å². The topological polar surface area (TPSA) is 8.17 Å². The first-order valence-electron chi connectivity index (χ1n) is 24.0. The fourth-order valence-electron chi connectivity index (χ4n) is 10.6. The molecule has 0 radical (unpaired) electrons. The van der Waals surface area contributed by atoms with Gasteiger partial charge in [-0.25, -0.2) is 0 Å². The Labute approximate surface area is 399 Å². The first kappa shape index (κ1) is 41.5. The summed E-state index contributed by atoms with van der Waals surface area (Å²) < 4.78 is 2.46. The Morgan fingerprint density at radius 3 is 1.37 bits per heavy atom. The number of nitrogens with zero attached hydrogens (tertiary/aromatic N) is 2. The number of para-hydroxylation sites is 2. The molecule has 0 amide bonds. The van der Waals surface area contributed by atoms with Crippen LogP contribution < -0.4 is 4.90 Å². The van der Waals surface area contributed by atoms with E-state index >= 15 is 0 Å². The normalized spacial score (nSPS) is 12.3. The van der Waals surface area contributed by atoms with Gasteiger partial charge in [0.1, 0.15) is 0 Å². The van der Waals surface area contributed by atoms with Crippen molar-refractivity contribution < 1.29 is 0 Å². The minimum Gasteiger partial charge on any atom is -0.310 e. The third-order valence-corrected chi connectivity index (χ3v) is 14.3. The zero-order chi connectivity index (χ0) is 46.3. The number of rotatable bonds is 7. The van der Waals surface area contributed by atoms with Crippen LogP contribution in [0.25, 0.3) is 93.2 Å². The van der Waals surface area contributed by atoms with Gasteiger partial charge in [0.25, 0.3) is 0 Å². The van der Waals surface area contributed by atoms with E-state index in [1.807, 2.05) is 0 Å². The van der Waals surface area contributed by atoms with Gasteiger partial charge < -0.3 is 9.47 Å². The first-order valence-corrected chi connectivity index (χ1v) is 24.0. The third kappa shape index (κ3) is 7.02. The molecule has 0 spiro atoms. The number of hydrogen-bond acceptors (Lipinski definition) is 1. The molecule has 0 saturated heterocycles. The standard InChI is InChI=1S/C66H54N2/c1-65(2,3)51-31-21-43(22-32-51)44-25-35-53(36-26-44)67(54-16-12-15-50(42-54)49-14-11-13-48(41-49)45-23-33-52(34-24-45)66(4,5)6)61-39-29-46-28-38-58-62(40-30-47-27-37-57(61)63(46)64(47)58)68-59-19-9-7-17-55(59)56-18-8-10-20-60(56)68/h7-42H,1-6H3. The Morgan fingerprint density at radius 1 is 0.324 bits per heavy atom. The van der Waals surface area contributed by atoms with Crippen LogP contribution in [-0.2, 0) is 10.8 Å². The van der Waals surface area contributed by atoms with Gasteiger partial charge in [0.2, 0.25) is 0 Å². The third-order valence-electron chi connectivity index (χ3n) is 14.3. The highest BCUT2D eigenvalue weighted by Gasteiger charge is 2.22. The van der Waals surface area contributed by atoms with Crippen LogP contribution in [0.3, 0.4) is 0 Å². The molecular formula is C66H54N2. The van der Waals surface area contributed by atoms with Crippen molar-refractivity contribution in [3.05, 3.63) is 230 Å². The van der Waals surface area contributed by atoms with E-state index in [0.717, 1.165) is 17.1 Å². The number of aromatic nitrogens is 1. The maximum atomic E-state index is 2.46. The van der Waals surface area contributed by atoms with Crippen molar-refractivity contribution in [1.29, 1.82) is 0 Å². The number of fused-ring (bicyclic) bond motifs is 3. The van der Waals surface area contributed by atoms with Crippen LogP contribution in [0.1, 0.15) is 52.7 Å². The van der Waals surface area contributed by atoms with Crippen molar-refractivity contribution in [2.24, 2.45) is 0 Å². The lowest BCUT2D eigenvalue weighted by molar-refractivity contribution is 0.590. The second kappa shape index (κ2) is 15.9. The van der Waals surface area contributed by atoms with Crippen LogP contribution >= 0.6 is 0 Å². The minimum atomic E-state index is 0.101. The maximum Gasteiger partial charge on any atom is 0.0541 e. The number of anilines is 3. The van der Waals surface area contributed by atoms with Gasteiger partial charge in [-0.15, -0.1) is 0 Å².